The first kappa shape index (κ1) is 19.0. The molecule has 6 heteroatoms. The van der Waals surface area contributed by atoms with Crippen LogP contribution in [0.25, 0.3) is 11.0 Å². The van der Waals surface area contributed by atoms with E-state index in [1.54, 1.807) is 18.2 Å². The Morgan fingerprint density at radius 3 is 2.48 bits per heavy atom. The van der Waals surface area contributed by atoms with Crippen molar-refractivity contribution in [2.75, 3.05) is 5.32 Å². The number of furan rings is 1. The molecule has 2 aromatic carbocycles. The van der Waals surface area contributed by atoms with Crippen LogP contribution < -0.4 is 10.6 Å². The topological polar surface area (TPSA) is 71.3 Å². The fourth-order valence-electron chi connectivity index (χ4n) is 2.66. The first-order chi connectivity index (χ1) is 12.8. The highest BCUT2D eigenvalue weighted by atomic mass is 35.5. The highest BCUT2D eigenvalue weighted by molar-refractivity contribution is 6.31. The van der Waals surface area contributed by atoms with Crippen LogP contribution in [0.2, 0.25) is 5.02 Å². The normalized spacial score (nSPS) is 11.0. The number of fused-ring (bicyclic) bond motifs is 1. The van der Waals surface area contributed by atoms with Crippen LogP contribution in [0, 0.1) is 12.8 Å². The molecule has 5 nitrogen and oxygen atoms in total. The second-order valence-corrected chi connectivity index (χ2v) is 7.16. The molecule has 0 unspecified atom stereocenters. The van der Waals surface area contributed by atoms with Crippen LogP contribution in [-0.4, -0.2) is 11.8 Å². The van der Waals surface area contributed by atoms with E-state index in [2.05, 4.69) is 10.6 Å². The number of benzene rings is 2. The van der Waals surface area contributed by atoms with Gasteiger partial charge in [-0.05, 0) is 42.8 Å². The molecule has 0 radical (unpaired) electrons. The van der Waals surface area contributed by atoms with Crippen molar-refractivity contribution >= 4 is 40.1 Å². The number of nitrogens with one attached hydrogen (secondary N) is 2. The molecule has 0 aliphatic rings. The third kappa shape index (κ3) is 4.31. The summed E-state index contributed by atoms with van der Waals surface area (Å²) in [5, 5.41) is 7.12. The molecular weight excluding hydrogens is 364 g/mol. The van der Waals surface area contributed by atoms with Crippen molar-refractivity contribution in [2.45, 2.75) is 27.3 Å². The van der Waals surface area contributed by atoms with Gasteiger partial charge in [-0.25, -0.2) is 0 Å². The predicted molar refractivity (Wildman–Crippen MR) is 107 cm³/mol. The maximum atomic E-state index is 12.5. The minimum atomic E-state index is -0.281. The molecule has 2 amide bonds. The maximum Gasteiger partial charge on any atom is 0.287 e. The van der Waals surface area contributed by atoms with Crippen LogP contribution >= 0.6 is 11.6 Å². The maximum absolute atomic E-state index is 12.5. The molecule has 0 atom stereocenters. The third-order valence-corrected chi connectivity index (χ3v) is 4.54. The monoisotopic (exact) mass is 384 g/mol. The van der Waals surface area contributed by atoms with Gasteiger partial charge >= 0.3 is 0 Å². The minimum absolute atomic E-state index is 0.0310. The second kappa shape index (κ2) is 7.84. The number of rotatable bonds is 5. The van der Waals surface area contributed by atoms with Crippen molar-refractivity contribution in [3.63, 3.8) is 0 Å². The predicted octanol–water partition coefficient (Wildman–Crippen LogP) is 4.92. The van der Waals surface area contributed by atoms with Crippen LogP contribution in [0.15, 0.2) is 46.9 Å². The van der Waals surface area contributed by atoms with Gasteiger partial charge in [-0.2, -0.15) is 0 Å². The Morgan fingerprint density at radius 2 is 1.81 bits per heavy atom. The average molecular weight is 385 g/mol. The van der Waals surface area contributed by atoms with Gasteiger partial charge in [0.1, 0.15) is 5.58 Å². The minimum Gasteiger partial charge on any atom is -0.451 e. The van der Waals surface area contributed by atoms with Crippen molar-refractivity contribution in [1.82, 2.24) is 5.32 Å². The zero-order valence-electron chi connectivity index (χ0n) is 15.4. The van der Waals surface area contributed by atoms with Gasteiger partial charge in [0.25, 0.3) is 5.91 Å². The molecular formula is C21H21ClN2O3. The van der Waals surface area contributed by atoms with E-state index in [-0.39, 0.29) is 23.5 Å². The van der Waals surface area contributed by atoms with Crippen LogP contribution in [-0.2, 0) is 11.3 Å². The molecule has 2 N–H and O–H groups in total. The Morgan fingerprint density at radius 1 is 1.11 bits per heavy atom. The summed E-state index contributed by atoms with van der Waals surface area (Å²) >= 11 is 6.01. The van der Waals surface area contributed by atoms with E-state index in [9.17, 15) is 9.59 Å². The number of hydrogen-bond acceptors (Lipinski definition) is 3. The van der Waals surface area contributed by atoms with E-state index < -0.39 is 0 Å². The molecule has 0 saturated carbocycles. The van der Waals surface area contributed by atoms with Gasteiger partial charge in [0.05, 0.1) is 0 Å². The Kier molecular flexibility index (Phi) is 5.51. The molecule has 1 aromatic heterocycles. The van der Waals surface area contributed by atoms with Crippen molar-refractivity contribution in [3.8, 4) is 0 Å². The van der Waals surface area contributed by atoms with Crippen LogP contribution in [0.4, 0.5) is 5.69 Å². The van der Waals surface area contributed by atoms with Gasteiger partial charge in [0.15, 0.2) is 5.76 Å². The molecule has 0 aliphatic heterocycles. The standard InChI is InChI=1S/C21H21ClN2O3/c1-12(2)20(25)24-16-7-4-14(5-8-16)11-23-21(26)19-13(3)17-10-15(22)6-9-18(17)27-19/h4-10,12H,11H2,1-3H3,(H,23,26)(H,24,25). The molecule has 0 saturated heterocycles. The summed E-state index contributed by atoms with van der Waals surface area (Å²) in [6.45, 7) is 5.87. The summed E-state index contributed by atoms with van der Waals surface area (Å²) in [4.78, 5) is 24.2. The Balaban J connectivity index is 1.65. The summed E-state index contributed by atoms with van der Waals surface area (Å²) in [5.74, 6) is -0.104. The van der Waals surface area contributed by atoms with Crippen molar-refractivity contribution in [3.05, 3.63) is 64.4 Å². The number of amides is 2. The van der Waals surface area contributed by atoms with Gasteiger partial charge in [-0.3, -0.25) is 9.59 Å². The number of hydrogen-bond donors (Lipinski definition) is 2. The van der Waals surface area contributed by atoms with Crippen LogP contribution in [0.5, 0.6) is 0 Å². The summed E-state index contributed by atoms with van der Waals surface area (Å²) in [5.41, 5.74) is 3.04. The fourth-order valence-corrected chi connectivity index (χ4v) is 2.84. The third-order valence-electron chi connectivity index (χ3n) is 4.30. The van der Waals surface area contributed by atoms with E-state index in [0.717, 1.165) is 22.2 Å². The van der Waals surface area contributed by atoms with Crippen molar-refractivity contribution < 1.29 is 14.0 Å². The van der Waals surface area contributed by atoms with Crippen LogP contribution in [0.1, 0.15) is 35.5 Å². The molecule has 3 rings (SSSR count). The zero-order valence-corrected chi connectivity index (χ0v) is 16.2. The smallest absolute Gasteiger partial charge is 0.287 e. The molecule has 27 heavy (non-hydrogen) atoms. The Bertz CT molecular complexity index is 991. The molecule has 0 bridgehead atoms. The van der Waals surface area contributed by atoms with Crippen molar-refractivity contribution in [2.24, 2.45) is 5.92 Å². The quantitative estimate of drug-likeness (QED) is 0.655. The Labute approximate surface area is 162 Å². The molecule has 3 aromatic rings. The fraction of sp³-hybridized carbons (Fsp3) is 0.238. The van der Waals surface area contributed by atoms with E-state index in [0.29, 0.717) is 17.2 Å². The van der Waals surface area contributed by atoms with Gasteiger partial charge in [0, 0.05) is 34.1 Å². The van der Waals surface area contributed by atoms with Gasteiger partial charge < -0.3 is 15.1 Å². The number of anilines is 1. The molecule has 140 valence electrons. The highest BCUT2D eigenvalue weighted by Gasteiger charge is 2.17. The summed E-state index contributed by atoms with van der Waals surface area (Å²) in [6, 6.07) is 12.6. The first-order valence-electron chi connectivity index (χ1n) is 8.72. The van der Waals surface area contributed by atoms with Gasteiger partial charge in [0.2, 0.25) is 5.91 Å². The van der Waals surface area contributed by atoms with E-state index in [1.165, 1.54) is 0 Å². The highest BCUT2D eigenvalue weighted by Crippen LogP contribution is 2.27. The Hall–Kier alpha value is -2.79. The SMILES string of the molecule is Cc1c(C(=O)NCc2ccc(NC(=O)C(C)C)cc2)oc2ccc(Cl)cc12. The number of aryl methyl sites for hydroxylation is 1. The number of carbonyl (C=O) groups excluding carboxylic acids is 2. The summed E-state index contributed by atoms with van der Waals surface area (Å²) in [7, 11) is 0. The average Bonchev–Trinajstić information content (AvgIpc) is 2.97. The molecule has 0 spiro atoms. The lowest BCUT2D eigenvalue weighted by Crippen LogP contribution is -2.23. The lowest BCUT2D eigenvalue weighted by molar-refractivity contribution is -0.118. The molecule has 0 fully saturated rings. The van der Waals surface area contributed by atoms with Crippen LogP contribution in [0.3, 0.4) is 0 Å². The zero-order chi connectivity index (χ0) is 19.6. The van der Waals surface area contributed by atoms with E-state index in [4.69, 9.17) is 16.0 Å². The lowest BCUT2D eigenvalue weighted by Gasteiger charge is -2.09. The largest absolute Gasteiger partial charge is 0.451 e. The van der Waals surface area contributed by atoms with E-state index in [1.807, 2.05) is 45.0 Å². The van der Waals surface area contributed by atoms with Crippen molar-refractivity contribution in [1.29, 1.82) is 0 Å². The second-order valence-electron chi connectivity index (χ2n) is 6.72. The number of halogens is 1. The van der Waals surface area contributed by atoms with Gasteiger partial charge in [-0.15, -0.1) is 0 Å². The first-order valence-corrected chi connectivity index (χ1v) is 9.09. The lowest BCUT2D eigenvalue weighted by atomic mass is 10.1. The summed E-state index contributed by atoms with van der Waals surface area (Å²) in [6.07, 6.45) is 0. The van der Waals surface area contributed by atoms with Gasteiger partial charge in [-0.1, -0.05) is 37.6 Å². The van der Waals surface area contributed by atoms with E-state index >= 15 is 0 Å². The number of carbonyl (C=O) groups is 2. The summed E-state index contributed by atoms with van der Waals surface area (Å²) < 4.78 is 5.67. The molecule has 0 aliphatic carbocycles. The molecule has 1 heterocycles.